The molecule has 0 fully saturated rings. The summed E-state index contributed by atoms with van der Waals surface area (Å²) in [6.45, 7) is 7.21. The van der Waals surface area contributed by atoms with Gasteiger partial charge in [-0.05, 0) is 64.2 Å². The topological polar surface area (TPSA) is 12.5 Å². The van der Waals surface area contributed by atoms with Gasteiger partial charge < -0.3 is 9.64 Å². The zero-order valence-electron chi connectivity index (χ0n) is 13.0. The molecule has 0 atom stereocenters. The molecule has 0 heterocycles. The Hall–Kier alpha value is -1.80. The largest absolute Gasteiger partial charge is 0.457 e. The Balaban J connectivity index is 2.30. The van der Waals surface area contributed by atoms with Crippen LogP contribution in [0.15, 0.2) is 36.4 Å². The fourth-order valence-electron chi connectivity index (χ4n) is 2.18. The summed E-state index contributed by atoms with van der Waals surface area (Å²) in [5.41, 5.74) is 5.01. The van der Waals surface area contributed by atoms with Crippen molar-refractivity contribution in [3.8, 4) is 11.5 Å². The lowest BCUT2D eigenvalue weighted by atomic mass is 10.1. The van der Waals surface area contributed by atoms with Crippen molar-refractivity contribution in [1.29, 1.82) is 0 Å². The summed E-state index contributed by atoms with van der Waals surface area (Å²) in [6, 6.07) is 12.6. The van der Waals surface area contributed by atoms with Gasteiger partial charge in [0.1, 0.15) is 11.5 Å². The van der Waals surface area contributed by atoms with E-state index in [2.05, 4.69) is 70.1 Å². The summed E-state index contributed by atoms with van der Waals surface area (Å²) in [7, 11) is 4.14. The maximum absolute atomic E-state index is 6.07. The van der Waals surface area contributed by atoms with Crippen molar-refractivity contribution < 1.29 is 4.74 Å². The minimum atomic E-state index is 0.877. The van der Waals surface area contributed by atoms with E-state index in [-0.39, 0.29) is 0 Å². The van der Waals surface area contributed by atoms with Crippen LogP contribution >= 0.6 is 0 Å². The molecule has 106 valence electrons. The first-order chi connectivity index (χ1) is 9.45. The van der Waals surface area contributed by atoms with Gasteiger partial charge >= 0.3 is 0 Å². The first-order valence-electron chi connectivity index (χ1n) is 6.95. The smallest absolute Gasteiger partial charge is 0.131 e. The van der Waals surface area contributed by atoms with E-state index in [0.29, 0.717) is 0 Å². The van der Waals surface area contributed by atoms with E-state index >= 15 is 0 Å². The van der Waals surface area contributed by atoms with Crippen molar-refractivity contribution in [2.45, 2.75) is 27.3 Å². The Bertz CT molecular complexity index is 602. The third-order valence-electron chi connectivity index (χ3n) is 3.41. The third kappa shape index (κ3) is 3.61. The monoisotopic (exact) mass is 269 g/mol. The summed E-state index contributed by atoms with van der Waals surface area (Å²) in [6.07, 6.45) is 0. The van der Waals surface area contributed by atoms with E-state index in [4.69, 9.17) is 4.74 Å². The number of benzene rings is 2. The highest BCUT2D eigenvalue weighted by Gasteiger charge is 2.07. The number of hydrogen-bond donors (Lipinski definition) is 0. The third-order valence-corrected chi connectivity index (χ3v) is 3.41. The Kier molecular flexibility index (Phi) is 4.46. The second kappa shape index (κ2) is 6.10. The Labute approximate surface area is 122 Å². The normalized spacial score (nSPS) is 10.9. The van der Waals surface area contributed by atoms with Crippen LogP contribution in [0.4, 0.5) is 0 Å². The van der Waals surface area contributed by atoms with Gasteiger partial charge in [0.05, 0.1) is 0 Å². The van der Waals surface area contributed by atoms with E-state index < -0.39 is 0 Å². The molecule has 0 N–H and O–H groups in total. The first-order valence-corrected chi connectivity index (χ1v) is 6.95. The maximum Gasteiger partial charge on any atom is 0.131 e. The second-order valence-corrected chi connectivity index (χ2v) is 5.70. The van der Waals surface area contributed by atoms with Crippen LogP contribution in [-0.2, 0) is 6.54 Å². The molecular formula is C18H23NO. The van der Waals surface area contributed by atoms with Crippen molar-refractivity contribution in [1.82, 2.24) is 4.90 Å². The number of hydrogen-bond acceptors (Lipinski definition) is 2. The van der Waals surface area contributed by atoms with Crippen LogP contribution in [0.2, 0.25) is 0 Å². The van der Waals surface area contributed by atoms with Crippen LogP contribution in [-0.4, -0.2) is 19.0 Å². The first kappa shape index (κ1) is 14.6. The Morgan fingerprint density at radius 1 is 0.900 bits per heavy atom. The summed E-state index contributed by atoms with van der Waals surface area (Å²) in [5.74, 6) is 1.84. The summed E-state index contributed by atoms with van der Waals surface area (Å²) in [4.78, 5) is 2.15. The average Bonchev–Trinajstić information content (AvgIpc) is 2.36. The van der Waals surface area contributed by atoms with Gasteiger partial charge in [-0.1, -0.05) is 23.8 Å². The van der Waals surface area contributed by atoms with E-state index in [0.717, 1.165) is 18.0 Å². The lowest BCUT2D eigenvalue weighted by molar-refractivity contribution is 0.388. The molecule has 0 aliphatic rings. The number of aryl methyl sites for hydroxylation is 3. The lowest BCUT2D eigenvalue weighted by Crippen LogP contribution is -2.11. The summed E-state index contributed by atoms with van der Waals surface area (Å²) < 4.78 is 6.07. The second-order valence-electron chi connectivity index (χ2n) is 5.70. The van der Waals surface area contributed by atoms with Crippen LogP contribution in [0.25, 0.3) is 0 Å². The molecule has 0 aliphatic heterocycles. The molecule has 0 radical (unpaired) electrons. The van der Waals surface area contributed by atoms with Crippen LogP contribution < -0.4 is 4.74 Å². The number of rotatable bonds is 4. The van der Waals surface area contributed by atoms with E-state index in [1.165, 1.54) is 22.3 Å². The zero-order chi connectivity index (χ0) is 14.7. The van der Waals surface area contributed by atoms with Crippen molar-refractivity contribution in [3.63, 3.8) is 0 Å². The Morgan fingerprint density at radius 3 is 2.30 bits per heavy atom. The summed E-state index contributed by atoms with van der Waals surface area (Å²) in [5, 5.41) is 0. The molecule has 2 aromatic rings. The van der Waals surface area contributed by atoms with Crippen LogP contribution in [0.1, 0.15) is 22.3 Å². The molecular weight excluding hydrogens is 246 g/mol. The standard InChI is InChI=1S/C18H23NO/c1-13-6-9-18(16(10-13)12-19(4)5)20-17-8-7-14(2)15(3)11-17/h6-11H,12H2,1-5H3. The van der Waals surface area contributed by atoms with Gasteiger partial charge in [0.2, 0.25) is 0 Å². The highest BCUT2D eigenvalue weighted by molar-refractivity contribution is 5.42. The van der Waals surface area contributed by atoms with Gasteiger partial charge in [0.15, 0.2) is 0 Å². The average molecular weight is 269 g/mol. The molecule has 0 unspecified atom stereocenters. The van der Waals surface area contributed by atoms with Crippen molar-refractivity contribution >= 4 is 0 Å². The van der Waals surface area contributed by atoms with Crippen molar-refractivity contribution in [3.05, 3.63) is 58.7 Å². The maximum atomic E-state index is 6.07. The van der Waals surface area contributed by atoms with Crippen LogP contribution in [0.5, 0.6) is 11.5 Å². The predicted molar refractivity (Wildman–Crippen MR) is 84.6 cm³/mol. The minimum absolute atomic E-state index is 0.877. The molecule has 0 bridgehead atoms. The lowest BCUT2D eigenvalue weighted by Gasteiger charge is -2.16. The molecule has 2 aromatic carbocycles. The predicted octanol–water partition coefficient (Wildman–Crippen LogP) is 4.47. The fraction of sp³-hybridized carbons (Fsp3) is 0.333. The number of nitrogens with zero attached hydrogens (tertiary/aromatic N) is 1. The molecule has 0 saturated carbocycles. The van der Waals surface area contributed by atoms with E-state index in [1.54, 1.807) is 0 Å². The highest BCUT2D eigenvalue weighted by Crippen LogP contribution is 2.28. The van der Waals surface area contributed by atoms with E-state index in [1.807, 2.05) is 6.07 Å². The fourth-order valence-corrected chi connectivity index (χ4v) is 2.18. The quantitative estimate of drug-likeness (QED) is 0.812. The highest BCUT2D eigenvalue weighted by atomic mass is 16.5. The molecule has 2 nitrogen and oxygen atoms in total. The molecule has 0 aromatic heterocycles. The number of ether oxygens (including phenoxy) is 1. The van der Waals surface area contributed by atoms with Gasteiger partial charge in [-0.15, -0.1) is 0 Å². The van der Waals surface area contributed by atoms with Gasteiger partial charge in [-0.2, -0.15) is 0 Å². The molecule has 0 amide bonds. The molecule has 20 heavy (non-hydrogen) atoms. The van der Waals surface area contributed by atoms with Gasteiger partial charge in [0.25, 0.3) is 0 Å². The van der Waals surface area contributed by atoms with Gasteiger partial charge in [-0.25, -0.2) is 0 Å². The van der Waals surface area contributed by atoms with Crippen LogP contribution in [0.3, 0.4) is 0 Å². The van der Waals surface area contributed by atoms with Crippen molar-refractivity contribution in [2.75, 3.05) is 14.1 Å². The van der Waals surface area contributed by atoms with Gasteiger partial charge in [-0.3, -0.25) is 0 Å². The van der Waals surface area contributed by atoms with E-state index in [9.17, 15) is 0 Å². The van der Waals surface area contributed by atoms with Crippen LogP contribution in [0, 0.1) is 20.8 Å². The SMILES string of the molecule is Cc1ccc(Oc2ccc(C)c(C)c2)c(CN(C)C)c1. The molecule has 0 aliphatic carbocycles. The van der Waals surface area contributed by atoms with Gasteiger partial charge in [0, 0.05) is 12.1 Å². The molecule has 0 spiro atoms. The Morgan fingerprint density at radius 2 is 1.65 bits per heavy atom. The molecule has 0 saturated heterocycles. The van der Waals surface area contributed by atoms with Crippen molar-refractivity contribution in [2.24, 2.45) is 0 Å². The minimum Gasteiger partial charge on any atom is -0.457 e. The summed E-state index contributed by atoms with van der Waals surface area (Å²) >= 11 is 0. The molecule has 2 rings (SSSR count). The molecule has 2 heteroatoms. The zero-order valence-corrected chi connectivity index (χ0v) is 13.0.